The Hall–Kier alpha value is -0.280. The van der Waals surface area contributed by atoms with E-state index in [0.29, 0.717) is 19.6 Å². The number of hydrogen-bond acceptors (Lipinski definition) is 7. The average Bonchev–Trinajstić information content (AvgIpc) is 3.26. The molecular weight excluding hydrogens is 422 g/mol. The van der Waals surface area contributed by atoms with Crippen molar-refractivity contribution in [3.63, 3.8) is 0 Å². The number of ether oxygens (including phenoxy) is 6. The van der Waals surface area contributed by atoms with E-state index in [0.717, 1.165) is 26.0 Å². The van der Waals surface area contributed by atoms with Crippen molar-refractivity contribution in [1.82, 2.24) is 4.90 Å². The second kappa shape index (κ2) is 15.7. The summed E-state index contributed by atoms with van der Waals surface area (Å²) in [6.45, 7) is 10.3. The van der Waals surface area contributed by atoms with E-state index in [-0.39, 0.29) is 24.4 Å². The average molecular weight is 475 g/mol. The molecule has 2 fully saturated rings. The highest BCUT2D eigenvalue weighted by Gasteiger charge is 2.57. The predicted molar refractivity (Wildman–Crippen MR) is 130 cm³/mol. The van der Waals surface area contributed by atoms with E-state index in [9.17, 15) is 0 Å². The van der Waals surface area contributed by atoms with E-state index in [1.54, 1.807) is 0 Å². The molecule has 0 amide bonds. The van der Waals surface area contributed by atoms with Crippen molar-refractivity contribution in [3.05, 3.63) is 0 Å². The van der Waals surface area contributed by atoms with Gasteiger partial charge in [-0.25, -0.2) is 0 Å². The van der Waals surface area contributed by atoms with Crippen LogP contribution in [0.3, 0.4) is 0 Å². The van der Waals surface area contributed by atoms with Crippen molar-refractivity contribution >= 4 is 0 Å². The highest BCUT2D eigenvalue weighted by atomic mass is 16.8. The first kappa shape index (κ1) is 27.3. The third-order valence-corrected chi connectivity index (χ3v) is 6.12. The summed E-state index contributed by atoms with van der Waals surface area (Å²) in [7, 11) is 3.99. The van der Waals surface area contributed by atoms with Crippen LogP contribution in [-0.4, -0.2) is 88.4 Å². The van der Waals surface area contributed by atoms with Crippen molar-refractivity contribution in [3.8, 4) is 0 Å². The summed E-state index contributed by atoms with van der Waals surface area (Å²) < 4.78 is 44.4. The normalized spacial score (nSPS) is 28.8. The van der Waals surface area contributed by atoms with Gasteiger partial charge in [0.25, 0.3) is 0 Å². The van der Waals surface area contributed by atoms with E-state index in [1.165, 1.54) is 38.5 Å². The molecule has 196 valence electrons. The molecule has 7 nitrogen and oxygen atoms in total. The number of nitrogens with zero attached hydrogens (tertiary/aromatic N) is 1. The molecular formula is C26H51NO6. The molecule has 2 rings (SSSR count). The Balaban J connectivity index is 1.66. The summed E-state index contributed by atoms with van der Waals surface area (Å²) in [5.74, 6) is -0.691. The van der Waals surface area contributed by atoms with Gasteiger partial charge in [-0.3, -0.25) is 0 Å². The van der Waals surface area contributed by atoms with Gasteiger partial charge in [0.05, 0.1) is 14.1 Å². The lowest BCUT2D eigenvalue weighted by molar-refractivity contribution is -0.245. The quantitative estimate of drug-likeness (QED) is 0.250. The predicted octanol–water partition coefficient (Wildman–Crippen LogP) is 4.76. The van der Waals surface area contributed by atoms with Gasteiger partial charge < -0.3 is 33.3 Å². The van der Waals surface area contributed by atoms with Gasteiger partial charge in [0.15, 0.2) is 12.1 Å². The lowest BCUT2D eigenvalue weighted by Crippen LogP contribution is -2.38. The maximum atomic E-state index is 8.21. The van der Waals surface area contributed by atoms with Crippen molar-refractivity contribution in [2.24, 2.45) is 0 Å². The van der Waals surface area contributed by atoms with Crippen molar-refractivity contribution < 1.29 is 29.8 Å². The number of rotatable bonds is 19. The molecule has 0 aromatic rings. The van der Waals surface area contributed by atoms with Crippen LogP contribution < -0.4 is 0 Å². The fourth-order valence-corrected chi connectivity index (χ4v) is 4.34. The molecule has 0 spiro atoms. The smallest absolute Gasteiger partial charge is 0.187 e. The van der Waals surface area contributed by atoms with Crippen LogP contribution in [0.2, 0.25) is 0 Å². The molecule has 2 heterocycles. The zero-order chi connectivity index (χ0) is 25.0. The molecule has 2 saturated heterocycles. The van der Waals surface area contributed by atoms with Crippen LogP contribution in [-0.2, 0) is 28.4 Å². The van der Waals surface area contributed by atoms with Crippen LogP contribution in [0.15, 0.2) is 0 Å². The molecule has 33 heavy (non-hydrogen) atoms. The van der Waals surface area contributed by atoms with Crippen LogP contribution >= 0.6 is 0 Å². The largest absolute Gasteiger partial charge is 0.381 e. The molecule has 7 heteroatoms. The summed E-state index contributed by atoms with van der Waals surface area (Å²) in [6.07, 6.45) is 8.79. The molecule has 6 atom stereocenters. The SMILES string of the molecule is [2H]C(CCN(C)C)O[C@H](C)[C@H]1OC(OCCCOCCCCCCCCC)[C@H]2OC(C)(C)O[C@@H]12. The van der Waals surface area contributed by atoms with E-state index < -0.39 is 18.7 Å². The molecule has 0 N–H and O–H groups in total. The van der Waals surface area contributed by atoms with Crippen LogP contribution in [0.5, 0.6) is 0 Å². The van der Waals surface area contributed by atoms with Gasteiger partial charge in [-0.2, -0.15) is 0 Å². The third kappa shape index (κ3) is 10.9. The van der Waals surface area contributed by atoms with Gasteiger partial charge in [-0.1, -0.05) is 45.4 Å². The highest BCUT2D eigenvalue weighted by Crippen LogP contribution is 2.40. The second-order valence-electron chi connectivity index (χ2n) is 10.1. The van der Waals surface area contributed by atoms with Gasteiger partial charge in [0.1, 0.15) is 18.3 Å². The molecule has 0 aromatic heterocycles. The van der Waals surface area contributed by atoms with Gasteiger partial charge in [0.2, 0.25) is 0 Å². The molecule has 0 radical (unpaired) electrons. The van der Waals surface area contributed by atoms with E-state index >= 15 is 0 Å². The summed E-state index contributed by atoms with van der Waals surface area (Å²) in [5.41, 5.74) is 0. The molecule has 0 saturated carbocycles. The van der Waals surface area contributed by atoms with Crippen LogP contribution in [0, 0.1) is 0 Å². The van der Waals surface area contributed by atoms with Crippen LogP contribution in [0.1, 0.15) is 86.9 Å². The molecule has 0 aliphatic carbocycles. The van der Waals surface area contributed by atoms with Crippen molar-refractivity contribution in [1.29, 1.82) is 0 Å². The van der Waals surface area contributed by atoms with E-state index in [1.807, 2.05) is 34.9 Å². The molecule has 2 aliphatic rings. The monoisotopic (exact) mass is 474 g/mol. The Morgan fingerprint density at radius 1 is 0.909 bits per heavy atom. The van der Waals surface area contributed by atoms with Crippen LogP contribution in [0.25, 0.3) is 0 Å². The number of unbranched alkanes of at least 4 members (excludes halogenated alkanes) is 6. The van der Waals surface area contributed by atoms with Gasteiger partial charge in [0, 0.05) is 19.8 Å². The molecule has 0 aromatic carbocycles. The zero-order valence-electron chi connectivity index (χ0n) is 23.1. The van der Waals surface area contributed by atoms with Gasteiger partial charge in [-0.15, -0.1) is 0 Å². The summed E-state index contributed by atoms with van der Waals surface area (Å²) in [6, 6.07) is 0. The van der Waals surface area contributed by atoms with Crippen molar-refractivity contribution in [2.75, 3.05) is 47.0 Å². The maximum absolute atomic E-state index is 8.21. The Labute approximate surface area is 204 Å². The lowest BCUT2D eigenvalue weighted by Gasteiger charge is -2.27. The fourth-order valence-electron chi connectivity index (χ4n) is 4.34. The van der Waals surface area contributed by atoms with E-state index in [4.69, 9.17) is 29.8 Å². The molecule has 2 unspecified atom stereocenters. The summed E-state index contributed by atoms with van der Waals surface area (Å²) >= 11 is 0. The van der Waals surface area contributed by atoms with Crippen molar-refractivity contribution in [2.45, 2.75) is 122 Å². The molecule has 0 bridgehead atoms. The number of hydrogen-bond donors (Lipinski definition) is 0. The first-order valence-corrected chi connectivity index (χ1v) is 13.2. The van der Waals surface area contributed by atoms with Gasteiger partial charge >= 0.3 is 0 Å². The zero-order valence-corrected chi connectivity index (χ0v) is 22.1. The van der Waals surface area contributed by atoms with Crippen LogP contribution in [0.4, 0.5) is 0 Å². The topological polar surface area (TPSA) is 58.6 Å². The summed E-state index contributed by atoms with van der Waals surface area (Å²) in [4.78, 5) is 2.05. The first-order valence-electron chi connectivity index (χ1n) is 13.7. The standard InChI is InChI=1S/C26H51NO6/c1-7-8-9-10-11-12-13-17-28-18-15-20-30-25-24-23(32-26(3,4)33-24)22(31-25)21(2)29-19-14-16-27(5)6/h21-25H,7-20H2,1-6H3/t21-,22-,23+,24+,25?/m1/s1/i19D/t19?,21-,22-,23+,24+,25?. The lowest BCUT2D eigenvalue weighted by atomic mass is 10.1. The Kier molecular flexibility index (Phi) is 13.0. The first-order chi connectivity index (χ1) is 16.2. The number of fused-ring (bicyclic) bond motifs is 1. The minimum Gasteiger partial charge on any atom is -0.381 e. The highest BCUT2D eigenvalue weighted by molar-refractivity contribution is 4.97. The van der Waals surface area contributed by atoms with Gasteiger partial charge in [-0.05, 0) is 60.7 Å². The second-order valence-corrected chi connectivity index (χ2v) is 10.1. The molecule has 2 aliphatic heterocycles. The Morgan fingerprint density at radius 3 is 2.30 bits per heavy atom. The van der Waals surface area contributed by atoms with E-state index in [2.05, 4.69) is 11.8 Å². The summed E-state index contributed by atoms with van der Waals surface area (Å²) in [5, 5.41) is 0. The fraction of sp³-hybridized carbons (Fsp3) is 1.00. The Bertz CT molecular complexity index is 537. The third-order valence-electron chi connectivity index (χ3n) is 6.12. The Morgan fingerprint density at radius 2 is 1.58 bits per heavy atom. The minimum atomic E-state index is -0.691. The maximum Gasteiger partial charge on any atom is 0.187 e. The minimum absolute atomic E-state index is 0.273.